The Morgan fingerprint density at radius 2 is 0.619 bits per heavy atom. The molecular formula is C104H135Cl2F7N4O. The van der Waals surface area contributed by atoms with Gasteiger partial charge in [0.2, 0.25) is 0 Å². The van der Waals surface area contributed by atoms with Crippen molar-refractivity contribution in [3.05, 3.63) is 331 Å². The molecule has 640 valence electrons. The first kappa shape index (κ1) is 107. The van der Waals surface area contributed by atoms with Gasteiger partial charge in [0.25, 0.3) is 0 Å². The molecular weight excluding hydrogens is 1530 g/mol. The molecule has 0 unspecified atom stereocenters. The molecule has 0 radical (unpaired) electrons. The van der Waals surface area contributed by atoms with E-state index >= 15 is 0 Å². The molecule has 0 fully saturated rings. The van der Waals surface area contributed by atoms with Gasteiger partial charge in [-0.15, -0.1) is 0 Å². The molecule has 0 saturated heterocycles. The number of pyridine rings is 2. The zero-order chi connectivity index (χ0) is 90.6. The Balaban J connectivity index is 0.000000656. The van der Waals surface area contributed by atoms with Crippen LogP contribution in [0.25, 0.3) is 0 Å². The summed E-state index contributed by atoms with van der Waals surface area (Å²) in [5.74, 6) is 5.45. The van der Waals surface area contributed by atoms with Gasteiger partial charge in [0.15, 0.2) is 0 Å². The highest BCUT2D eigenvalue weighted by atomic mass is 35.5. The quantitative estimate of drug-likeness (QED) is 0.121. The zero-order valence-corrected chi connectivity index (χ0v) is 78.1. The third kappa shape index (κ3) is 38.8. The number of benzene rings is 8. The predicted molar refractivity (Wildman–Crippen MR) is 489 cm³/mol. The van der Waals surface area contributed by atoms with Crippen LogP contribution in [0.3, 0.4) is 0 Å². The molecule has 2 heterocycles. The Morgan fingerprint density at radius 3 is 1.01 bits per heavy atom. The van der Waals surface area contributed by atoms with Gasteiger partial charge in [-0.2, -0.15) is 36.9 Å². The summed E-state index contributed by atoms with van der Waals surface area (Å²) in [6.45, 7) is 63.0. The molecule has 0 N–H and O–H groups in total. The average molecular weight is 1660 g/mol. The molecule has 0 saturated carbocycles. The molecule has 0 bridgehead atoms. The third-order valence-electron chi connectivity index (χ3n) is 19.9. The fraction of sp³-hybridized carbons (Fsp3) is 0.423. The summed E-state index contributed by atoms with van der Waals surface area (Å²) in [6, 6.07) is 57.5. The van der Waals surface area contributed by atoms with Gasteiger partial charge in [-0.25, -0.2) is 4.39 Å². The Morgan fingerprint density at radius 1 is 0.297 bits per heavy atom. The van der Waals surface area contributed by atoms with E-state index in [9.17, 15) is 30.7 Å². The number of aryl methyl sites for hydroxylation is 11. The lowest BCUT2D eigenvalue weighted by Crippen LogP contribution is -2.10. The highest BCUT2D eigenvalue weighted by Crippen LogP contribution is 2.36. The van der Waals surface area contributed by atoms with Crippen LogP contribution in [0.15, 0.2) is 176 Å². The van der Waals surface area contributed by atoms with E-state index in [4.69, 9.17) is 38.5 Å². The van der Waals surface area contributed by atoms with Gasteiger partial charge in [0, 0.05) is 23.1 Å². The van der Waals surface area contributed by atoms with Crippen LogP contribution < -0.4 is 4.74 Å². The summed E-state index contributed by atoms with van der Waals surface area (Å²) >= 11 is 11.9. The predicted octanol–water partition coefficient (Wildman–Crippen LogP) is 33.5. The first-order valence-corrected chi connectivity index (χ1v) is 41.6. The monoisotopic (exact) mass is 1660 g/mol. The highest BCUT2D eigenvalue weighted by molar-refractivity contribution is 6.31. The van der Waals surface area contributed by atoms with E-state index in [1.807, 2.05) is 110 Å². The van der Waals surface area contributed by atoms with Crippen molar-refractivity contribution in [2.45, 2.75) is 286 Å². The number of nitriles is 2. The van der Waals surface area contributed by atoms with Crippen molar-refractivity contribution in [2.75, 3.05) is 7.11 Å². The van der Waals surface area contributed by atoms with Crippen LogP contribution >= 0.6 is 23.2 Å². The molecule has 10 aromatic rings. The van der Waals surface area contributed by atoms with E-state index in [2.05, 4.69) is 246 Å². The molecule has 0 spiro atoms. The minimum absolute atomic E-state index is 0.0295. The second-order valence-corrected chi connectivity index (χ2v) is 34.0. The topological polar surface area (TPSA) is 82.6 Å². The average Bonchev–Trinajstić information content (AvgIpc) is 0.822. The van der Waals surface area contributed by atoms with Crippen molar-refractivity contribution < 1.29 is 35.5 Å². The number of rotatable bonds is 11. The summed E-state index contributed by atoms with van der Waals surface area (Å²) in [6.07, 6.45) is -5.17. The van der Waals surface area contributed by atoms with Crippen LogP contribution in [0.5, 0.6) is 5.75 Å². The highest BCUT2D eigenvalue weighted by Gasteiger charge is 2.34. The van der Waals surface area contributed by atoms with Crippen LogP contribution in [-0.2, 0) is 12.4 Å². The normalized spacial score (nSPS) is 10.8. The van der Waals surface area contributed by atoms with Crippen LogP contribution in [0, 0.1) is 105 Å². The van der Waals surface area contributed by atoms with Crippen LogP contribution in [-0.4, -0.2) is 17.1 Å². The largest absolute Gasteiger partial charge is 0.496 e. The standard InChI is InChI=1S/C11H13F3.2C11H13N.C11H16O.C11H16.C10H13Cl.C10H12F3N.C10H13F.C10H14.C9H12ClN/c1-7(2)9-5-4-8(3)10(6-9)11(12,13)14;1-8(2)10-4-5-11(7-12)9(3)6-10;1-8(2)10-5-4-9(3)11(6-10)7-12;1-8(2)10-6-5-9(3)11(7-10)12-4;1-8(2)11-6-5-9(3)10(4)7-11;1-7(2)9-5-4-8(3)10(11)6-9;1-6(2)8-4-9(10(11,12)13)7(3)14-5-8;1-7(2)9-5-4-8(3)10(11)6-9;1-8(2)10-6-4-9(3)5-7-10;1-6(2)8-4-9(10)7(3)11-5-8/h4-7H,1-3H3;2*4-6,8H,1-3H3;5-8H,1-4H3;5-8H,1-4H3;4-7H,1-3H3;4-6H,1-3H3;4-7H,1-3H3;4-8H,1-3H3;4-6H,1-3H3. The van der Waals surface area contributed by atoms with E-state index in [1.165, 1.54) is 99.4 Å². The lowest BCUT2D eigenvalue weighted by atomic mass is 9.98. The summed E-state index contributed by atoms with van der Waals surface area (Å²) in [7, 11) is 1.71. The number of halogens is 9. The van der Waals surface area contributed by atoms with Gasteiger partial charge in [-0.3, -0.25) is 9.97 Å². The van der Waals surface area contributed by atoms with Gasteiger partial charge in [0.05, 0.1) is 52.2 Å². The van der Waals surface area contributed by atoms with Gasteiger partial charge in [-0.05, 0) is 284 Å². The number of aromatic nitrogens is 2. The SMILES string of the molecule is COc1cc(C(C)C)ccc1C.Cc1cc(C(C)C)ccc1C#N.Cc1ccc(C(C)C)cc1.Cc1ccc(C(C)C)cc1C.Cc1ccc(C(C)C)cc1C#N.Cc1ccc(C(C)C)cc1C(F)(F)F.Cc1ccc(C(C)C)cc1Cl.Cc1ccc(C(C)C)cc1F.Cc1ncc(C(C)C)cc1C(F)(F)F.Cc1ncc(C(C)C)cc1Cl. The van der Waals surface area contributed by atoms with Gasteiger partial charge in [0.1, 0.15) is 11.6 Å². The molecule has 8 aromatic carbocycles. The minimum Gasteiger partial charge on any atom is -0.496 e. The van der Waals surface area contributed by atoms with E-state index in [1.54, 1.807) is 26.2 Å². The lowest BCUT2D eigenvalue weighted by Gasteiger charge is -2.13. The van der Waals surface area contributed by atoms with Gasteiger partial charge < -0.3 is 4.74 Å². The van der Waals surface area contributed by atoms with Gasteiger partial charge in [-0.1, -0.05) is 283 Å². The van der Waals surface area contributed by atoms with E-state index in [-0.39, 0.29) is 28.9 Å². The number of alkyl halides is 6. The minimum atomic E-state index is -4.30. The number of nitrogens with zero attached hydrogens (tertiary/aromatic N) is 4. The molecule has 0 aliphatic carbocycles. The Hall–Kier alpha value is -9.07. The molecule has 0 aliphatic rings. The van der Waals surface area contributed by atoms with Crippen molar-refractivity contribution >= 4 is 23.2 Å². The van der Waals surface area contributed by atoms with Crippen molar-refractivity contribution in [1.29, 1.82) is 10.5 Å². The molecule has 5 nitrogen and oxygen atoms in total. The number of ether oxygens (including phenoxy) is 1. The second-order valence-electron chi connectivity index (χ2n) is 33.2. The third-order valence-corrected chi connectivity index (χ3v) is 20.7. The molecule has 118 heavy (non-hydrogen) atoms. The smallest absolute Gasteiger partial charge is 0.418 e. The summed E-state index contributed by atoms with van der Waals surface area (Å²) < 4.78 is 93.0. The fourth-order valence-electron chi connectivity index (χ4n) is 10.8. The maximum Gasteiger partial charge on any atom is 0.418 e. The van der Waals surface area contributed by atoms with Crippen LogP contribution in [0.2, 0.25) is 10.0 Å². The van der Waals surface area contributed by atoms with Crippen molar-refractivity contribution in [2.24, 2.45) is 0 Å². The van der Waals surface area contributed by atoms with Crippen LogP contribution in [0.1, 0.15) is 337 Å². The molecule has 14 heteroatoms. The van der Waals surface area contributed by atoms with E-state index < -0.39 is 23.5 Å². The Labute approximate surface area is 717 Å². The first-order valence-electron chi connectivity index (χ1n) is 40.9. The van der Waals surface area contributed by atoms with Crippen molar-refractivity contribution in [3.8, 4) is 17.9 Å². The van der Waals surface area contributed by atoms with Crippen LogP contribution in [0.4, 0.5) is 30.7 Å². The molecule has 2 aromatic heterocycles. The summed E-state index contributed by atoms with van der Waals surface area (Å²) in [5.41, 5.74) is 22.6. The number of methoxy groups -OCH3 is 1. The van der Waals surface area contributed by atoms with E-state index in [0.717, 1.165) is 66.0 Å². The Kier molecular flexibility index (Phi) is 47.2. The van der Waals surface area contributed by atoms with Crippen molar-refractivity contribution in [1.82, 2.24) is 9.97 Å². The molecule has 10 rings (SSSR count). The molecule has 0 aliphatic heterocycles. The maximum atomic E-state index is 12.9. The number of hydrogen-bond donors (Lipinski definition) is 0. The maximum absolute atomic E-state index is 12.9. The number of hydrogen-bond acceptors (Lipinski definition) is 5. The zero-order valence-electron chi connectivity index (χ0n) is 76.6. The molecule has 0 amide bonds. The lowest BCUT2D eigenvalue weighted by molar-refractivity contribution is -0.139. The Bertz CT molecular complexity index is 4460. The first-order chi connectivity index (χ1) is 54.7. The summed E-state index contributed by atoms with van der Waals surface area (Å²) in [5, 5.41) is 19.1. The second kappa shape index (κ2) is 52.1. The van der Waals surface area contributed by atoms with Crippen molar-refractivity contribution in [3.63, 3.8) is 0 Å². The fourth-order valence-corrected chi connectivity index (χ4v) is 11.2. The molecule has 0 atom stereocenters. The summed E-state index contributed by atoms with van der Waals surface area (Å²) in [4.78, 5) is 7.91. The van der Waals surface area contributed by atoms with E-state index in [0.29, 0.717) is 52.9 Å². The van der Waals surface area contributed by atoms with Gasteiger partial charge >= 0.3 is 12.4 Å².